The van der Waals surface area contributed by atoms with E-state index in [9.17, 15) is 14.7 Å². The van der Waals surface area contributed by atoms with E-state index in [1.807, 2.05) is 24.3 Å². The number of hydrogen-bond acceptors (Lipinski definition) is 3. The quantitative estimate of drug-likeness (QED) is 0.910. The van der Waals surface area contributed by atoms with Gasteiger partial charge in [0.25, 0.3) is 5.91 Å². The number of nitrogens with zero attached hydrogens (tertiary/aromatic N) is 2. The molecule has 2 aromatic rings. The Morgan fingerprint density at radius 1 is 1.14 bits per heavy atom. The Hall–Kier alpha value is -2.69. The monoisotopic (exact) mass is 282 g/mol. The van der Waals surface area contributed by atoms with Crippen LogP contribution in [0.1, 0.15) is 21.5 Å². The molecule has 1 atom stereocenters. The molecular formula is C16H14N2O3. The fourth-order valence-corrected chi connectivity index (χ4v) is 2.61. The van der Waals surface area contributed by atoms with E-state index in [0.717, 1.165) is 11.1 Å². The van der Waals surface area contributed by atoms with E-state index >= 15 is 0 Å². The molecule has 3 rings (SSSR count). The molecule has 0 aliphatic carbocycles. The van der Waals surface area contributed by atoms with Gasteiger partial charge in [0.05, 0.1) is 5.56 Å². The van der Waals surface area contributed by atoms with E-state index in [1.165, 1.54) is 11.1 Å². The zero-order valence-corrected chi connectivity index (χ0v) is 11.3. The molecule has 1 aromatic carbocycles. The molecule has 0 bridgehead atoms. The van der Waals surface area contributed by atoms with Crippen molar-refractivity contribution in [2.45, 2.75) is 19.0 Å². The van der Waals surface area contributed by atoms with E-state index in [4.69, 9.17) is 0 Å². The van der Waals surface area contributed by atoms with E-state index in [-0.39, 0.29) is 5.91 Å². The maximum Gasteiger partial charge on any atom is 0.326 e. The van der Waals surface area contributed by atoms with Crippen LogP contribution in [0.2, 0.25) is 0 Å². The van der Waals surface area contributed by atoms with Gasteiger partial charge in [0.2, 0.25) is 0 Å². The summed E-state index contributed by atoms with van der Waals surface area (Å²) in [6.07, 6.45) is 3.37. The molecule has 1 aliphatic heterocycles. The third-order valence-electron chi connectivity index (χ3n) is 3.70. The molecule has 1 aliphatic rings. The lowest BCUT2D eigenvalue weighted by Gasteiger charge is -2.34. The smallest absolute Gasteiger partial charge is 0.326 e. The molecule has 21 heavy (non-hydrogen) atoms. The Balaban J connectivity index is 1.96. The molecule has 5 nitrogen and oxygen atoms in total. The minimum atomic E-state index is -0.984. The van der Waals surface area contributed by atoms with Gasteiger partial charge in [-0.1, -0.05) is 24.3 Å². The maximum absolute atomic E-state index is 12.5. The highest BCUT2D eigenvalue weighted by molar-refractivity contribution is 5.96. The number of pyridine rings is 1. The number of hydrogen-bond donors (Lipinski definition) is 1. The minimum absolute atomic E-state index is 0.301. The van der Waals surface area contributed by atoms with E-state index in [0.29, 0.717) is 18.5 Å². The number of benzene rings is 1. The number of carboxylic acids is 1. The Bertz CT molecular complexity index is 685. The first-order valence-corrected chi connectivity index (χ1v) is 6.67. The molecule has 0 saturated carbocycles. The van der Waals surface area contributed by atoms with Crippen molar-refractivity contribution in [3.05, 3.63) is 65.5 Å². The van der Waals surface area contributed by atoms with Gasteiger partial charge in [-0.15, -0.1) is 0 Å². The first-order valence-electron chi connectivity index (χ1n) is 6.67. The predicted octanol–water partition coefficient (Wildman–Crippen LogP) is 1.73. The summed E-state index contributed by atoms with van der Waals surface area (Å²) >= 11 is 0. The predicted molar refractivity (Wildman–Crippen MR) is 75.7 cm³/mol. The van der Waals surface area contributed by atoms with Crippen LogP contribution in [-0.4, -0.2) is 32.9 Å². The Morgan fingerprint density at radius 3 is 2.57 bits per heavy atom. The van der Waals surface area contributed by atoms with Crippen LogP contribution in [-0.2, 0) is 17.8 Å². The SMILES string of the molecule is O=C(O)[C@@H]1Cc2ccccc2CN1C(=O)c1cccnc1. The van der Waals surface area contributed by atoms with Gasteiger partial charge in [-0.2, -0.15) is 0 Å². The van der Waals surface area contributed by atoms with Crippen molar-refractivity contribution < 1.29 is 14.7 Å². The van der Waals surface area contributed by atoms with Crippen molar-refractivity contribution in [2.75, 3.05) is 0 Å². The summed E-state index contributed by atoms with van der Waals surface area (Å²) in [7, 11) is 0. The number of fused-ring (bicyclic) bond motifs is 1. The Labute approximate surface area is 121 Å². The summed E-state index contributed by atoms with van der Waals surface area (Å²) in [6, 6.07) is 10.1. The molecule has 0 radical (unpaired) electrons. The van der Waals surface area contributed by atoms with Crippen molar-refractivity contribution in [3.8, 4) is 0 Å². The highest BCUT2D eigenvalue weighted by atomic mass is 16.4. The van der Waals surface area contributed by atoms with E-state index < -0.39 is 12.0 Å². The largest absolute Gasteiger partial charge is 0.480 e. The van der Waals surface area contributed by atoms with Crippen LogP contribution >= 0.6 is 0 Å². The van der Waals surface area contributed by atoms with Crippen molar-refractivity contribution in [1.82, 2.24) is 9.88 Å². The zero-order valence-electron chi connectivity index (χ0n) is 11.3. The summed E-state index contributed by atoms with van der Waals surface area (Å²) in [5, 5.41) is 9.42. The van der Waals surface area contributed by atoms with Crippen molar-refractivity contribution in [2.24, 2.45) is 0 Å². The lowest BCUT2D eigenvalue weighted by molar-refractivity contribution is -0.142. The fourth-order valence-electron chi connectivity index (χ4n) is 2.61. The van der Waals surface area contributed by atoms with Crippen LogP contribution in [0.5, 0.6) is 0 Å². The summed E-state index contributed by atoms with van der Waals surface area (Å²) < 4.78 is 0. The van der Waals surface area contributed by atoms with Crippen LogP contribution in [0.3, 0.4) is 0 Å². The van der Waals surface area contributed by atoms with Gasteiger partial charge in [-0.25, -0.2) is 4.79 Å². The number of amides is 1. The molecule has 0 fully saturated rings. The lowest BCUT2D eigenvalue weighted by atomic mass is 9.93. The average Bonchev–Trinajstić information content (AvgIpc) is 2.53. The van der Waals surface area contributed by atoms with Gasteiger partial charge in [0.1, 0.15) is 6.04 Å². The number of carboxylic acid groups (broad SMARTS) is 1. The highest BCUT2D eigenvalue weighted by Gasteiger charge is 2.34. The van der Waals surface area contributed by atoms with E-state index in [1.54, 1.807) is 18.3 Å². The van der Waals surface area contributed by atoms with Gasteiger partial charge >= 0.3 is 5.97 Å². The molecule has 5 heteroatoms. The zero-order chi connectivity index (χ0) is 14.8. The second kappa shape index (κ2) is 5.36. The Morgan fingerprint density at radius 2 is 1.90 bits per heavy atom. The fraction of sp³-hybridized carbons (Fsp3) is 0.188. The van der Waals surface area contributed by atoms with Crippen LogP contribution in [0.25, 0.3) is 0 Å². The molecule has 0 saturated heterocycles. The second-order valence-electron chi connectivity index (χ2n) is 5.00. The van der Waals surface area contributed by atoms with Gasteiger partial charge in [0, 0.05) is 25.4 Å². The number of rotatable bonds is 2. The first kappa shape index (κ1) is 13.3. The van der Waals surface area contributed by atoms with Gasteiger partial charge < -0.3 is 10.0 Å². The molecule has 1 amide bonds. The topological polar surface area (TPSA) is 70.5 Å². The normalized spacial score (nSPS) is 17.1. The Kier molecular flexibility index (Phi) is 3.39. The number of aromatic nitrogens is 1. The summed E-state index contributed by atoms with van der Waals surface area (Å²) in [5.41, 5.74) is 2.38. The summed E-state index contributed by atoms with van der Waals surface area (Å²) in [6.45, 7) is 0.306. The highest BCUT2D eigenvalue weighted by Crippen LogP contribution is 2.25. The number of carbonyl (C=O) groups is 2. The lowest BCUT2D eigenvalue weighted by Crippen LogP contribution is -2.48. The maximum atomic E-state index is 12.5. The molecule has 1 aromatic heterocycles. The van der Waals surface area contributed by atoms with Crippen molar-refractivity contribution in [3.63, 3.8) is 0 Å². The molecule has 0 unspecified atom stereocenters. The van der Waals surface area contributed by atoms with Gasteiger partial charge in [0.15, 0.2) is 0 Å². The molecular weight excluding hydrogens is 268 g/mol. The van der Waals surface area contributed by atoms with Crippen LogP contribution in [0, 0.1) is 0 Å². The number of aliphatic carboxylic acids is 1. The minimum Gasteiger partial charge on any atom is -0.480 e. The van der Waals surface area contributed by atoms with Crippen molar-refractivity contribution >= 4 is 11.9 Å². The molecule has 2 heterocycles. The first-order chi connectivity index (χ1) is 10.2. The standard InChI is InChI=1S/C16H14N2O3/c19-15(12-6-3-7-17-9-12)18-10-13-5-2-1-4-11(13)8-14(18)16(20)21/h1-7,9,14H,8,10H2,(H,20,21)/t14-/m0/s1. The summed E-state index contributed by atoms with van der Waals surface area (Å²) in [4.78, 5) is 29.4. The van der Waals surface area contributed by atoms with Gasteiger partial charge in [-0.3, -0.25) is 9.78 Å². The average molecular weight is 282 g/mol. The molecule has 1 N–H and O–H groups in total. The van der Waals surface area contributed by atoms with Crippen LogP contribution in [0.4, 0.5) is 0 Å². The third-order valence-corrected chi connectivity index (χ3v) is 3.70. The van der Waals surface area contributed by atoms with E-state index in [2.05, 4.69) is 4.98 Å². The molecule has 106 valence electrons. The van der Waals surface area contributed by atoms with Gasteiger partial charge in [-0.05, 0) is 23.3 Å². The van der Waals surface area contributed by atoms with Crippen LogP contribution in [0.15, 0.2) is 48.8 Å². The summed E-state index contributed by atoms with van der Waals surface area (Å²) in [5.74, 6) is -1.29. The third kappa shape index (κ3) is 2.50. The number of carbonyl (C=O) groups excluding carboxylic acids is 1. The van der Waals surface area contributed by atoms with Crippen molar-refractivity contribution in [1.29, 1.82) is 0 Å². The molecule has 0 spiro atoms. The van der Waals surface area contributed by atoms with Crippen LogP contribution < -0.4 is 0 Å². The second-order valence-corrected chi connectivity index (χ2v) is 5.00.